The van der Waals surface area contributed by atoms with Crippen molar-refractivity contribution >= 4 is 40.0 Å². The number of ketones is 1. The summed E-state index contributed by atoms with van der Waals surface area (Å²) >= 11 is 6.26. The van der Waals surface area contributed by atoms with Crippen LogP contribution < -0.4 is 9.47 Å². The molecule has 2 aromatic carbocycles. The minimum absolute atomic E-state index is 0.0425. The van der Waals surface area contributed by atoms with E-state index in [9.17, 15) is 14.7 Å². The van der Waals surface area contributed by atoms with Crippen LogP contribution in [0.2, 0.25) is 5.02 Å². The number of aromatic nitrogens is 1. The van der Waals surface area contributed by atoms with Gasteiger partial charge in [-0.05, 0) is 25.0 Å². The number of para-hydroxylation sites is 1. The molecule has 182 valence electrons. The summed E-state index contributed by atoms with van der Waals surface area (Å²) in [6.45, 7) is 0. The molecule has 0 spiro atoms. The molecule has 7 nitrogen and oxygen atoms in total. The molecule has 1 saturated heterocycles. The van der Waals surface area contributed by atoms with Gasteiger partial charge in [0.25, 0.3) is 11.7 Å². The van der Waals surface area contributed by atoms with Gasteiger partial charge in [-0.15, -0.1) is 0 Å². The van der Waals surface area contributed by atoms with Crippen LogP contribution in [0.1, 0.15) is 42.9 Å². The number of likely N-dealkylation sites (tertiary alicyclic amines) is 1. The molecule has 2 heterocycles. The number of carbonyl (C=O) groups excluding carboxylic acids is 2. The van der Waals surface area contributed by atoms with Gasteiger partial charge in [-0.3, -0.25) is 9.59 Å². The number of fused-ring (bicyclic) bond motifs is 1. The van der Waals surface area contributed by atoms with Crippen molar-refractivity contribution in [2.24, 2.45) is 7.05 Å². The fourth-order valence-corrected chi connectivity index (χ4v) is 5.73. The Morgan fingerprint density at radius 3 is 2.43 bits per heavy atom. The van der Waals surface area contributed by atoms with E-state index in [-0.39, 0.29) is 28.7 Å². The van der Waals surface area contributed by atoms with Crippen molar-refractivity contribution in [3.8, 4) is 11.5 Å². The summed E-state index contributed by atoms with van der Waals surface area (Å²) in [5.74, 6) is -1.01. The quantitative estimate of drug-likeness (QED) is 0.299. The first kappa shape index (κ1) is 23.3. The zero-order chi connectivity index (χ0) is 24.9. The Labute approximate surface area is 208 Å². The standard InChI is InChI=1S/C27H27ClN2O5/c1-29-14-18(16-10-6-7-11-20(16)29)24-23(26(32)27(33)30(24)15-8-4-5-9-15)25(31)17-12-22(35-3)19(28)13-21(17)34-2/h6-7,10-15,24,31H,4-5,8-9H2,1-3H3/b25-23+. The topological polar surface area (TPSA) is 81.0 Å². The highest BCUT2D eigenvalue weighted by Crippen LogP contribution is 2.47. The number of carbonyl (C=O) groups is 2. The van der Waals surface area contributed by atoms with Gasteiger partial charge in [0.2, 0.25) is 0 Å². The molecular formula is C27H27ClN2O5. The van der Waals surface area contributed by atoms with Crippen LogP contribution in [0.15, 0.2) is 48.2 Å². The first-order valence-corrected chi connectivity index (χ1v) is 12.0. The first-order valence-electron chi connectivity index (χ1n) is 11.6. The summed E-state index contributed by atoms with van der Waals surface area (Å²) in [7, 11) is 4.85. The molecule has 1 unspecified atom stereocenters. The van der Waals surface area contributed by atoms with E-state index in [0.717, 1.165) is 42.1 Å². The molecule has 1 amide bonds. The molecule has 1 aromatic heterocycles. The van der Waals surface area contributed by atoms with Crippen molar-refractivity contribution in [1.29, 1.82) is 0 Å². The van der Waals surface area contributed by atoms with Gasteiger partial charge in [-0.2, -0.15) is 0 Å². The molecule has 3 aromatic rings. The molecule has 1 aliphatic heterocycles. The van der Waals surface area contributed by atoms with Crippen LogP contribution in [0.5, 0.6) is 11.5 Å². The number of hydrogen-bond donors (Lipinski definition) is 1. The monoisotopic (exact) mass is 494 g/mol. The van der Waals surface area contributed by atoms with E-state index in [1.165, 1.54) is 26.4 Å². The van der Waals surface area contributed by atoms with E-state index < -0.39 is 17.7 Å². The number of rotatable bonds is 5. The number of aryl methyl sites for hydroxylation is 1. The summed E-state index contributed by atoms with van der Waals surface area (Å²) < 4.78 is 12.8. The zero-order valence-electron chi connectivity index (χ0n) is 19.9. The zero-order valence-corrected chi connectivity index (χ0v) is 20.6. The Morgan fingerprint density at radius 2 is 1.74 bits per heavy atom. The molecule has 1 aliphatic carbocycles. The summed E-state index contributed by atoms with van der Waals surface area (Å²) in [5, 5.41) is 12.8. The smallest absolute Gasteiger partial charge is 0.295 e. The van der Waals surface area contributed by atoms with Gasteiger partial charge in [0.1, 0.15) is 17.3 Å². The predicted octanol–water partition coefficient (Wildman–Crippen LogP) is 5.21. The number of hydrogen-bond acceptors (Lipinski definition) is 5. The second-order valence-corrected chi connectivity index (χ2v) is 9.45. The van der Waals surface area contributed by atoms with Crippen LogP contribution in [-0.4, -0.2) is 46.5 Å². The van der Waals surface area contributed by atoms with Crippen LogP contribution in [0, 0.1) is 0 Å². The van der Waals surface area contributed by atoms with Gasteiger partial charge in [0.05, 0.1) is 36.4 Å². The SMILES string of the molecule is COc1cc(/C(O)=C2\C(=O)C(=O)N(C3CCCC3)C2c2cn(C)c3ccccc23)c(OC)cc1Cl. The van der Waals surface area contributed by atoms with Crippen LogP contribution in [-0.2, 0) is 16.6 Å². The lowest BCUT2D eigenvalue weighted by atomic mass is 9.94. The maximum atomic E-state index is 13.5. The van der Waals surface area contributed by atoms with Gasteiger partial charge < -0.3 is 24.0 Å². The molecule has 35 heavy (non-hydrogen) atoms. The van der Waals surface area contributed by atoms with E-state index in [1.54, 1.807) is 4.90 Å². The first-order chi connectivity index (χ1) is 16.9. The Morgan fingerprint density at radius 1 is 1.06 bits per heavy atom. The van der Waals surface area contributed by atoms with Crippen molar-refractivity contribution in [3.05, 3.63) is 64.3 Å². The van der Waals surface area contributed by atoms with Gasteiger partial charge in [0, 0.05) is 41.8 Å². The Kier molecular flexibility index (Phi) is 5.97. The fourth-order valence-electron chi connectivity index (χ4n) is 5.50. The number of benzene rings is 2. The average Bonchev–Trinajstić information content (AvgIpc) is 3.56. The third-order valence-electron chi connectivity index (χ3n) is 7.15. The fraction of sp³-hybridized carbons (Fsp3) is 0.333. The van der Waals surface area contributed by atoms with Crippen molar-refractivity contribution in [2.45, 2.75) is 37.8 Å². The molecule has 1 atom stereocenters. The van der Waals surface area contributed by atoms with Crippen LogP contribution >= 0.6 is 11.6 Å². The second kappa shape index (κ2) is 8.96. The number of Topliss-reactive ketones (excluding diaryl/α,β-unsaturated/α-hetero) is 1. The van der Waals surface area contributed by atoms with Crippen LogP contribution in [0.25, 0.3) is 16.7 Å². The lowest BCUT2D eigenvalue weighted by molar-refractivity contribution is -0.141. The lowest BCUT2D eigenvalue weighted by Gasteiger charge is -2.30. The normalized spacial score (nSPS) is 20.2. The highest BCUT2D eigenvalue weighted by Gasteiger charge is 2.50. The van der Waals surface area contributed by atoms with Crippen molar-refractivity contribution in [1.82, 2.24) is 9.47 Å². The van der Waals surface area contributed by atoms with Crippen molar-refractivity contribution < 1.29 is 24.2 Å². The van der Waals surface area contributed by atoms with Crippen LogP contribution in [0.3, 0.4) is 0 Å². The highest BCUT2D eigenvalue weighted by atomic mass is 35.5. The number of aliphatic hydroxyl groups excluding tert-OH is 1. The highest BCUT2D eigenvalue weighted by molar-refractivity contribution is 6.47. The number of amides is 1. The minimum Gasteiger partial charge on any atom is -0.507 e. The molecule has 2 fully saturated rings. The molecular weight excluding hydrogens is 468 g/mol. The number of aliphatic hydroxyl groups is 1. The third kappa shape index (κ3) is 3.65. The van der Waals surface area contributed by atoms with E-state index in [0.29, 0.717) is 10.8 Å². The number of ether oxygens (including phenoxy) is 2. The molecule has 1 N–H and O–H groups in total. The van der Waals surface area contributed by atoms with E-state index >= 15 is 0 Å². The number of methoxy groups -OCH3 is 2. The lowest BCUT2D eigenvalue weighted by Crippen LogP contribution is -2.37. The Hall–Kier alpha value is -3.45. The predicted molar refractivity (Wildman–Crippen MR) is 134 cm³/mol. The van der Waals surface area contributed by atoms with E-state index in [1.807, 2.05) is 42.1 Å². The molecule has 1 saturated carbocycles. The summed E-state index contributed by atoms with van der Waals surface area (Å²) in [5.41, 5.74) is 2.06. The molecule has 0 radical (unpaired) electrons. The second-order valence-electron chi connectivity index (χ2n) is 9.04. The largest absolute Gasteiger partial charge is 0.507 e. The maximum Gasteiger partial charge on any atom is 0.295 e. The van der Waals surface area contributed by atoms with Gasteiger partial charge in [-0.25, -0.2) is 0 Å². The van der Waals surface area contributed by atoms with Gasteiger partial charge >= 0.3 is 0 Å². The van der Waals surface area contributed by atoms with Gasteiger partial charge in [-0.1, -0.05) is 42.6 Å². The summed E-state index contributed by atoms with van der Waals surface area (Å²) in [4.78, 5) is 28.6. The Balaban J connectivity index is 1.79. The van der Waals surface area contributed by atoms with Crippen molar-refractivity contribution in [2.75, 3.05) is 14.2 Å². The minimum atomic E-state index is -0.726. The van der Waals surface area contributed by atoms with Crippen LogP contribution in [0.4, 0.5) is 0 Å². The Bertz CT molecular complexity index is 1370. The summed E-state index contributed by atoms with van der Waals surface area (Å²) in [6, 6.07) is 10.1. The maximum absolute atomic E-state index is 13.5. The average molecular weight is 495 g/mol. The van der Waals surface area contributed by atoms with E-state index in [4.69, 9.17) is 21.1 Å². The molecule has 8 heteroatoms. The summed E-state index contributed by atoms with van der Waals surface area (Å²) in [6.07, 6.45) is 5.59. The molecule has 0 bridgehead atoms. The molecule has 2 aliphatic rings. The van der Waals surface area contributed by atoms with Crippen molar-refractivity contribution in [3.63, 3.8) is 0 Å². The third-order valence-corrected chi connectivity index (χ3v) is 7.44. The van der Waals surface area contributed by atoms with Gasteiger partial charge in [0.15, 0.2) is 0 Å². The molecule has 5 rings (SSSR count). The number of nitrogens with zero attached hydrogens (tertiary/aromatic N) is 2. The number of halogens is 1. The van der Waals surface area contributed by atoms with E-state index in [2.05, 4.69) is 0 Å².